The van der Waals surface area contributed by atoms with Gasteiger partial charge in [-0.3, -0.25) is 4.79 Å². The molecule has 0 amide bonds. The third-order valence-electron chi connectivity index (χ3n) is 4.15. The van der Waals surface area contributed by atoms with Crippen LogP contribution in [0, 0.1) is 0 Å². The van der Waals surface area contributed by atoms with Crippen molar-refractivity contribution in [3.63, 3.8) is 0 Å². The lowest BCUT2D eigenvalue weighted by molar-refractivity contribution is 0.0714. The maximum Gasteiger partial charge on any atom is 0.513 e. The summed E-state index contributed by atoms with van der Waals surface area (Å²) in [6, 6.07) is 5.66. The van der Waals surface area contributed by atoms with Crippen molar-refractivity contribution in [2.24, 2.45) is 0 Å². The number of hydrogen-bond donors (Lipinski definition) is 3. The Kier molecular flexibility index (Phi) is 4.73. The summed E-state index contributed by atoms with van der Waals surface area (Å²) in [5.41, 5.74) is 0.924. The Labute approximate surface area is 149 Å². The maximum absolute atomic E-state index is 12.3. The first-order valence-electron chi connectivity index (χ1n) is 8.51. The maximum atomic E-state index is 12.3. The van der Waals surface area contributed by atoms with Crippen LogP contribution in [0.4, 0.5) is 4.79 Å². The number of ether oxygens (including phenoxy) is 2. The molecule has 0 fully saturated rings. The number of hydrogen-bond acceptors (Lipinski definition) is 5. The number of aromatic amines is 2. The van der Waals surface area contributed by atoms with E-state index >= 15 is 0 Å². The molecule has 7 heteroatoms. The third-order valence-corrected chi connectivity index (χ3v) is 4.15. The lowest BCUT2D eigenvalue weighted by atomic mass is 9.97. The standard InChI is InChI=1S/C19H22N2O5/c1-4-25-18(23)26-14-10-20-16-15(14)12-9-11(7-8-19(2,3)24)5-6-13(12)21-17(16)22/h5-6,9-10,20,24H,4,7-8H2,1-3H3,(H,21,22). The zero-order valence-electron chi connectivity index (χ0n) is 15.0. The highest BCUT2D eigenvalue weighted by Crippen LogP contribution is 2.31. The van der Waals surface area contributed by atoms with Crippen molar-refractivity contribution in [2.45, 2.75) is 39.2 Å². The first-order chi connectivity index (χ1) is 12.3. The molecule has 0 saturated heterocycles. The number of aromatic nitrogens is 2. The molecule has 0 bridgehead atoms. The number of carbonyl (C=O) groups excluding carboxylic acids is 1. The van der Waals surface area contributed by atoms with E-state index in [2.05, 4.69) is 9.97 Å². The molecule has 2 heterocycles. The highest BCUT2D eigenvalue weighted by molar-refractivity contribution is 6.08. The van der Waals surface area contributed by atoms with E-state index in [1.165, 1.54) is 6.20 Å². The van der Waals surface area contributed by atoms with Gasteiger partial charge in [-0.25, -0.2) is 4.79 Å². The normalized spacial score (nSPS) is 11.8. The zero-order valence-corrected chi connectivity index (χ0v) is 15.0. The SMILES string of the molecule is CCOC(=O)Oc1c[nH]c2c(=O)[nH]c3ccc(CCC(C)(C)O)cc3c12. The second kappa shape index (κ2) is 6.84. The summed E-state index contributed by atoms with van der Waals surface area (Å²) in [6.45, 7) is 5.41. The molecule has 0 aliphatic rings. The number of aryl methyl sites for hydroxylation is 1. The number of rotatable bonds is 5. The van der Waals surface area contributed by atoms with Crippen LogP contribution >= 0.6 is 0 Å². The highest BCUT2D eigenvalue weighted by Gasteiger charge is 2.17. The molecule has 3 N–H and O–H groups in total. The van der Waals surface area contributed by atoms with Crippen LogP contribution in [0.15, 0.2) is 29.2 Å². The molecule has 3 aromatic rings. The molecule has 138 valence electrons. The number of pyridine rings is 1. The minimum atomic E-state index is -0.819. The Bertz CT molecular complexity index is 1010. The molecule has 0 aliphatic heterocycles. The Hall–Kier alpha value is -2.80. The quantitative estimate of drug-likeness (QED) is 0.607. The van der Waals surface area contributed by atoms with Crippen LogP contribution in [0.5, 0.6) is 5.75 Å². The summed E-state index contributed by atoms with van der Waals surface area (Å²) in [6.07, 6.45) is 1.93. The number of fused-ring (bicyclic) bond motifs is 3. The Morgan fingerprint density at radius 3 is 2.77 bits per heavy atom. The van der Waals surface area contributed by atoms with E-state index in [4.69, 9.17) is 9.47 Å². The van der Waals surface area contributed by atoms with Crippen molar-refractivity contribution in [3.05, 3.63) is 40.3 Å². The fourth-order valence-electron chi connectivity index (χ4n) is 2.87. The topological polar surface area (TPSA) is 104 Å². The number of nitrogens with one attached hydrogen (secondary N) is 2. The average Bonchev–Trinajstić information content (AvgIpc) is 2.97. The van der Waals surface area contributed by atoms with Gasteiger partial charge in [0.2, 0.25) is 0 Å². The van der Waals surface area contributed by atoms with Crippen LogP contribution in [0.25, 0.3) is 21.8 Å². The molecule has 0 aliphatic carbocycles. The van der Waals surface area contributed by atoms with Crippen molar-refractivity contribution in [1.29, 1.82) is 0 Å². The molecule has 1 aromatic carbocycles. The van der Waals surface area contributed by atoms with Gasteiger partial charge >= 0.3 is 6.16 Å². The molecule has 7 nitrogen and oxygen atoms in total. The van der Waals surface area contributed by atoms with E-state index in [1.54, 1.807) is 20.8 Å². The summed E-state index contributed by atoms with van der Waals surface area (Å²) in [7, 11) is 0. The summed E-state index contributed by atoms with van der Waals surface area (Å²) in [5.74, 6) is 0.245. The van der Waals surface area contributed by atoms with E-state index in [-0.39, 0.29) is 17.9 Å². The first-order valence-corrected chi connectivity index (χ1v) is 8.51. The Morgan fingerprint density at radius 1 is 1.31 bits per heavy atom. The van der Waals surface area contributed by atoms with E-state index in [0.717, 1.165) is 10.9 Å². The van der Waals surface area contributed by atoms with Gasteiger partial charge in [0.05, 0.1) is 17.6 Å². The van der Waals surface area contributed by atoms with E-state index in [1.807, 2.05) is 18.2 Å². The molecule has 0 unspecified atom stereocenters. The number of H-pyrrole nitrogens is 2. The van der Waals surface area contributed by atoms with Gasteiger partial charge < -0.3 is 24.5 Å². The van der Waals surface area contributed by atoms with Crippen molar-refractivity contribution >= 4 is 28.0 Å². The summed E-state index contributed by atoms with van der Waals surface area (Å²) < 4.78 is 10.1. The monoisotopic (exact) mass is 358 g/mol. The summed E-state index contributed by atoms with van der Waals surface area (Å²) in [5, 5.41) is 11.2. The fraction of sp³-hybridized carbons (Fsp3) is 0.368. The van der Waals surface area contributed by atoms with Gasteiger partial charge in [0.25, 0.3) is 5.56 Å². The lowest BCUT2D eigenvalue weighted by Gasteiger charge is -2.16. The molecule has 3 rings (SSSR count). The molecule has 26 heavy (non-hydrogen) atoms. The van der Waals surface area contributed by atoms with Crippen molar-refractivity contribution in [2.75, 3.05) is 6.61 Å². The predicted octanol–water partition coefficient (Wildman–Crippen LogP) is 3.25. The number of carbonyl (C=O) groups is 1. The molecule has 0 radical (unpaired) electrons. The van der Waals surface area contributed by atoms with E-state index in [0.29, 0.717) is 29.3 Å². The first kappa shape index (κ1) is 18.0. The van der Waals surface area contributed by atoms with Crippen molar-refractivity contribution < 1.29 is 19.4 Å². The van der Waals surface area contributed by atoms with Gasteiger partial charge in [0.1, 0.15) is 5.52 Å². The van der Waals surface area contributed by atoms with Gasteiger partial charge in [-0.1, -0.05) is 6.07 Å². The van der Waals surface area contributed by atoms with Crippen LogP contribution in [-0.2, 0) is 11.2 Å². The van der Waals surface area contributed by atoms with Gasteiger partial charge in [-0.05, 0) is 51.3 Å². The van der Waals surface area contributed by atoms with Crippen LogP contribution in [-0.4, -0.2) is 33.4 Å². The smallest absolute Gasteiger partial charge is 0.434 e. The second-order valence-corrected chi connectivity index (χ2v) is 6.83. The predicted molar refractivity (Wildman–Crippen MR) is 98.7 cm³/mol. The average molecular weight is 358 g/mol. The fourth-order valence-corrected chi connectivity index (χ4v) is 2.87. The van der Waals surface area contributed by atoms with Gasteiger partial charge in [0, 0.05) is 17.1 Å². The molecule has 2 aromatic heterocycles. The Balaban J connectivity index is 2.10. The minimum absolute atomic E-state index is 0.198. The van der Waals surface area contributed by atoms with E-state index in [9.17, 15) is 14.7 Å². The summed E-state index contributed by atoms with van der Waals surface area (Å²) >= 11 is 0. The molecular weight excluding hydrogens is 336 g/mol. The second-order valence-electron chi connectivity index (χ2n) is 6.83. The minimum Gasteiger partial charge on any atom is -0.434 e. The van der Waals surface area contributed by atoms with Crippen LogP contribution in [0.2, 0.25) is 0 Å². The largest absolute Gasteiger partial charge is 0.513 e. The summed E-state index contributed by atoms with van der Waals surface area (Å²) in [4.78, 5) is 29.6. The Morgan fingerprint density at radius 2 is 2.08 bits per heavy atom. The third kappa shape index (κ3) is 3.72. The lowest BCUT2D eigenvalue weighted by Crippen LogP contribution is -2.19. The highest BCUT2D eigenvalue weighted by atomic mass is 16.7. The van der Waals surface area contributed by atoms with E-state index < -0.39 is 11.8 Å². The molecule has 0 spiro atoms. The van der Waals surface area contributed by atoms with Crippen LogP contribution < -0.4 is 10.3 Å². The van der Waals surface area contributed by atoms with Gasteiger partial charge in [0.15, 0.2) is 5.75 Å². The number of aliphatic hydroxyl groups is 1. The molecular formula is C19H22N2O5. The van der Waals surface area contributed by atoms with Gasteiger partial charge in [-0.2, -0.15) is 0 Å². The van der Waals surface area contributed by atoms with Crippen LogP contribution in [0.1, 0.15) is 32.8 Å². The molecule has 0 atom stereocenters. The van der Waals surface area contributed by atoms with Crippen molar-refractivity contribution in [1.82, 2.24) is 9.97 Å². The molecule has 0 saturated carbocycles. The van der Waals surface area contributed by atoms with Crippen LogP contribution in [0.3, 0.4) is 0 Å². The zero-order chi connectivity index (χ0) is 18.9. The number of benzene rings is 1. The van der Waals surface area contributed by atoms with Crippen molar-refractivity contribution in [3.8, 4) is 5.75 Å². The van der Waals surface area contributed by atoms with Gasteiger partial charge in [-0.15, -0.1) is 0 Å².